The summed E-state index contributed by atoms with van der Waals surface area (Å²) in [5.74, 6) is -0.472. The van der Waals surface area contributed by atoms with Crippen LogP contribution < -0.4 is 5.32 Å². The van der Waals surface area contributed by atoms with Gasteiger partial charge in [-0.05, 0) is 37.7 Å². The fourth-order valence-electron chi connectivity index (χ4n) is 5.67. The predicted octanol–water partition coefficient (Wildman–Crippen LogP) is 3.86. The fraction of sp³-hybridized carbons (Fsp3) is 0.593. The summed E-state index contributed by atoms with van der Waals surface area (Å²) in [5, 5.41) is 21.2. The Hall–Kier alpha value is -2.13. The van der Waals surface area contributed by atoms with Gasteiger partial charge >= 0.3 is 0 Å². The minimum Gasteiger partial charge on any atom is -0.390 e. The van der Waals surface area contributed by atoms with E-state index in [9.17, 15) is 14.7 Å². The highest BCUT2D eigenvalue weighted by atomic mass is 35.5. The molecule has 10 heteroatoms. The van der Waals surface area contributed by atoms with Gasteiger partial charge in [0.1, 0.15) is 11.6 Å². The highest BCUT2D eigenvalue weighted by molar-refractivity contribution is 6.30. The third kappa shape index (κ3) is 5.53. The second-order valence-electron chi connectivity index (χ2n) is 10.5. The zero-order chi connectivity index (χ0) is 26.0. The van der Waals surface area contributed by atoms with Gasteiger partial charge in [-0.3, -0.25) is 19.6 Å². The number of amides is 2. The first-order chi connectivity index (χ1) is 17.2. The third-order valence-electron chi connectivity index (χ3n) is 7.84. The fourth-order valence-corrected chi connectivity index (χ4v) is 5.95. The molecule has 2 amide bonds. The molecule has 3 atom stereocenters. The van der Waals surface area contributed by atoms with Gasteiger partial charge in [0.15, 0.2) is 5.15 Å². The summed E-state index contributed by atoms with van der Waals surface area (Å²) < 4.78 is 0. The van der Waals surface area contributed by atoms with E-state index >= 15 is 0 Å². The predicted molar refractivity (Wildman–Crippen MR) is 147 cm³/mol. The van der Waals surface area contributed by atoms with Gasteiger partial charge < -0.3 is 15.3 Å². The summed E-state index contributed by atoms with van der Waals surface area (Å²) in [7, 11) is 0. The SMILES string of the molecule is CCCCN1C(=O)[C@@H]([C@H](O)C(C)C)NC(=O)C12CCN(C(c1ccccc1)c1c(Cl)n[nH]c1C)CC2.Cl. The van der Waals surface area contributed by atoms with Crippen LogP contribution in [0, 0.1) is 12.8 Å². The van der Waals surface area contributed by atoms with Crippen LogP contribution >= 0.6 is 24.0 Å². The normalized spacial score (nSPS) is 21.6. The van der Waals surface area contributed by atoms with Gasteiger partial charge in [-0.25, -0.2) is 0 Å². The molecule has 204 valence electrons. The first-order valence-corrected chi connectivity index (χ1v) is 13.4. The number of nitrogens with one attached hydrogen (secondary N) is 2. The lowest BCUT2D eigenvalue weighted by molar-refractivity contribution is -0.165. The number of H-pyrrole nitrogens is 1. The van der Waals surface area contributed by atoms with Crippen molar-refractivity contribution >= 4 is 35.8 Å². The molecule has 4 rings (SSSR count). The molecule has 2 fully saturated rings. The first kappa shape index (κ1) is 29.4. The number of hydrogen-bond acceptors (Lipinski definition) is 5. The smallest absolute Gasteiger partial charge is 0.248 e. The van der Waals surface area contributed by atoms with E-state index in [1.807, 2.05) is 39.0 Å². The Morgan fingerprint density at radius 1 is 1.19 bits per heavy atom. The highest BCUT2D eigenvalue weighted by Crippen LogP contribution is 2.40. The van der Waals surface area contributed by atoms with E-state index in [1.165, 1.54) is 0 Å². The van der Waals surface area contributed by atoms with Crippen LogP contribution in [0.2, 0.25) is 5.15 Å². The number of rotatable bonds is 8. The molecule has 8 nitrogen and oxygen atoms in total. The van der Waals surface area contributed by atoms with Crippen LogP contribution in [0.4, 0.5) is 0 Å². The maximum absolute atomic E-state index is 13.6. The molecule has 3 N–H and O–H groups in total. The average molecular weight is 553 g/mol. The highest BCUT2D eigenvalue weighted by Gasteiger charge is 2.55. The minimum absolute atomic E-state index is 0. The van der Waals surface area contributed by atoms with Crippen molar-refractivity contribution in [3.63, 3.8) is 0 Å². The summed E-state index contributed by atoms with van der Waals surface area (Å²) in [6.45, 7) is 9.49. The summed E-state index contributed by atoms with van der Waals surface area (Å²) >= 11 is 6.54. The minimum atomic E-state index is -0.920. The number of nitrogens with zero attached hydrogens (tertiary/aromatic N) is 3. The zero-order valence-electron chi connectivity index (χ0n) is 22.0. The van der Waals surface area contributed by atoms with E-state index in [4.69, 9.17) is 11.6 Å². The molecule has 2 aliphatic rings. The Balaban J connectivity index is 0.00000380. The van der Waals surface area contributed by atoms with Crippen molar-refractivity contribution in [2.24, 2.45) is 5.92 Å². The van der Waals surface area contributed by atoms with Crippen molar-refractivity contribution < 1.29 is 14.7 Å². The summed E-state index contributed by atoms with van der Waals surface area (Å²) in [6, 6.07) is 9.16. The van der Waals surface area contributed by atoms with Gasteiger partial charge in [0.25, 0.3) is 0 Å². The van der Waals surface area contributed by atoms with E-state index in [0.717, 1.165) is 29.7 Å². The molecule has 1 aromatic heterocycles. The monoisotopic (exact) mass is 551 g/mol. The molecule has 0 aliphatic carbocycles. The van der Waals surface area contributed by atoms with Crippen LogP contribution in [0.3, 0.4) is 0 Å². The summed E-state index contributed by atoms with van der Waals surface area (Å²) in [5.41, 5.74) is 2.04. The Kier molecular flexibility index (Phi) is 9.67. The van der Waals surface area contributed by atoms with E-state index in [2.05, 4.69) is 39.5 Å². The second kappa shape index (κ2) is 12.2. The molecule has 1 unspecified atom stereocenters. The largest absolute Gasteiger partial charge is 0.390 e. The molecule has 0 radical (unpaired) electrons. The lowest BCUT2D eigenvalue weighted by Crippen LogP contribution is -2.75. The molecule has 37 heavy (non-hydrogen) atoms. The number of carbonyl (C=O) groups excluding carboxylic acids is 2. The summed E-state index contributed by atoms with van der Waals surface area (Å²) in [4.78, 5) is 31.4. The van der Waals surface area contributed by atoms with Gasteiger partial charge in [0, 0.05) is 30.9 Å². The maximum Gasteiger partial charge on any atom is 0.248 e. The van der Waals surface area contributed by atoms with Gasteiger partial charge in [-0.2, -0.15) is 5.10 Å². The topological polar surface area (TPSA) is 102 Å². The van der Waals surface area contributed by atoms with Gasteiger partial charge in [-0.15, -0.1) is 12.4 Å². The molecule has 0 bridgehead atoms. The van der Waals surface area contributed by atoms with E-state index in [1.54, 1.807) is 4.90 Å². The number of piperidine rings is 1. The van der Waals surface area contributed by atoms with Crippen molar-refractivity contribution in [2.45, 2.75) is 77.1 Å². The number of aryl methyl sites for hydroxylation is 1. The van der Waals surface area contributed by atoms with Crippen LogP contribution in [0.25, 0.3) is 0 Å². The van der Waals surface area contributed by atoms with Crippen molar-refractivity contribution in [3.05, 3.63) is 52.3 Å². The third-order valence-corrected chi connectivity index (χ3v) is 8.13. The lowest BCUT2D eigenvalue weighted by Gasteiger charge is -2.53. The maximum atomic E-state index is 13.6. The second-order valence-corrected chi connectivity index (χ2v) is 10.8. The number of piperazine rings is 1. The number of benzene rings is 1. The number of carbonyl (C=O) groups is 2. The van der Waals surface area contributed by atoms with Crippen molar-refractivity contribution in [2.75, 3.05) is 19.6 Å². The molecule has 1 aromatic carbocycles. The molecule has 2 aliphatic heterocycles. The number of hydrogen-bond donors (Lipinski definition) is 3. The molecule has 0 saturated carbocycles. The molecular weight excluding hydrogens is 513 g/mol. The number of aromatic amines is 1. The first-order valence-electron chi connectivity index (χ1n) is 13.0. The number of aliphatic hydroxyl groups excluding tert-OH is 1. The number of halogens is 2. The number of aliphatic hydroxyl groups is 1. The standard InChI is InChI=1S/C27H38ClN5O3.ClH/c1-5-6-14-33-25(35)21(23(34)17(2)3)29-26(36)27(33)12-15-32(16-13-27)22(19-10-8-7-9-11-19)20-18(4)30-31-24(20)28;/h7-11,17,21-23,34H,5-6,12-16H2,1-4H3,(H,29,36)(H,30,31);1H/t21-,22?,23-;/m1./s1. The van der Waals surface area contributed by atoms with E-state index < -0.39 is 17.7 Å². The number of likely N-dealkylation sites (tertiary alicyclic amines) is 1. The molecular formula is C27H39Cl2N5O3. The Labute approximate surface area is 230 Å². The van der Waals surface area contributed by atoms with Crippen LogP contribution in [-0.4, -0.2) is 74.2 Å². The van der Waals surface area contributed by atoms with Gasteiger partial charge in [0.05, 0.1) is 12.1 Å². The van der Waals surface area contributed by atoms with E-state index in [0.29, 0.717) is 37.6 Å². The van der Waals surface area contributed by atoms with Gasteiger partial charge in [0.2, 0.25) is 11.8 Å². The van der Waals surface area contributed by atoms with Crippen molar-refractivity contribution in [1.82, 2.24) is 25.3 Å². The molecule has 2 saturated heterocycles. The van der Waals surface area contributed by atoms with Crippen LogP contribution in [0.1, 0.15) is 69.3 Å². The van der Waals surface area contributed by atoms with Crippen LogP contribution in [0.5, 0.6) is 0 Å². The molecule has 2 aromatic rings. The number of aromatic nitrogens is 2. The Bertz CT molecular complexity index is 1050. The van der Waals surface area contributed by atoms with Gasteiger partial charge in [-0.1, -0.05) is 69.1 Å². The molecule has 3 heterocycles. The van der Waals surface area contributed by atoms with Crippen molar-refractivity contribution in [1.29, 1.82) is 0 Å². The number of unbranched alkanes of at least 4 members (excludes halogenated alkanes) is 1. The van der Waals surface area contributed by atoms with Crippen molar-refractivity contribution in [3.8, 4) is 0 Å². The quantitative estimate of drug-likeness (QED) is 0.462. The van der Waals surface area contributed by atoms with E-state index in [-0.39, 0.29) is 36.2 Å². The zero-order valence-corrected chi connectivity index (χ0v) is 23.6. The Morgan fingerprint density at radius 2 is 1.84 bits per heavy atom. The van der Waals surface area contributed by atoms with Crippen LogP contribution in [0.15, 0.2) is 30.3 Å². The molecule has 1 spiro atoms. The summed E-state index contributed by atoms with van der Waals surface area (Å²) in [6.07, 6.45) is 1.83. The average Bonchev–Trinajstić information content (AvgIpc) is 3.20. The Morgan fingerprint density at radius 3 is 2.38 bits per heavy atom. The lowest BCUT2D eigenvalue weighted by atomic mass is 9.79. The van der Waals surface area contributed by atoms with Crippen LogP contribution in [-0.2, 0) is 9.59 Å².